The minimum Gasteiger partial charge on any atom is -0.360 e. The van der Waals surface area contributed by atoms with Crippen molar-refractivity contribution in [3.8, 4) is 11.1 Å². The standard InChI is InChI=1S/C40H27N3/c1-3-10-26(11-4-1)27-18-20-28(21-19-27)35-25-36(42-40(41-35)29-12-5-2-6-13-29)30-22-23-32-34-16-9-15-33-31-14-7-8-17-37(31)43(39(33)34)38(32)24-30/h1-25,40,42H. The molecule has 0 aliphatic carbocycles. The lowest BCUT2D eigenvalue weighted by molar-refractivity contribution is 0.664. The Morgan fingerprint density at radius 3 is 1.88 bits per heavy atom. The van der Waals surface area contributed by atoms with Crippen LogP contribution in [0.15, 0.2) is 157 Å². The summed E-state index contributed by atoms with van der Waals surface area (Å²) < 4.78 is 2.44. The van der Waals surface area contributed by atoms with Gasteiger partial charge in [0.2, 0.25) is 0 Å². The number of nitrogens with one attached hydrogen (secondary N) is 1. The van der Waals surface area contributed by atoms with Crippen LogP contribution < -0.4 is 5.32 Å². The average Bonchev–Trinajstić information content (AvgIpc) is 3.61. The predicted molar refractivity (Wildman–Crippen MR) is 180 cm³/mol. The summed E-state index contributed by atoms with van der Waals surface area (Å²) in [5.74, 6) is 0. The molecule has 0 fully saturated rings. The van der Waals surface area contributed by atoms with E-state index in [1.807, 2.05) is 0 Å². The van der Waals surface area contributed by atoms with Crippen molar-refractivity contribution in [2.45, 2.75) is 6.17 Å². The second-order valence-electron chi connectivity index (χ2n) is 11.3. The molecule has 3 heteroatoms. The van der Waals surface area contributed by atoms with Crippen molar-refractivity contribution >= 4 is 49.5 Å². The molecule has 0 saturated heterocycles. The monoisotopic (exact) mass is 549 g/mol. The highest BCUT2D eigenvalue weighted by Crippen LogP contribution is 2.40. The van der Waals surface area contributed by atoms with E-state index in [-0.39, 0.29) is 6.17 Å². The SMILES string of the molecule is C1=C(c2ccc3c4cccc5c6ccccc6n(c3c2)c54)NC(c2ccccc2)N=C1c1ccc(-c2ccccc2)cc1. The number of aliphatic imine (C=N–C) groups is 1. The summed E-state index contributed by atoms with van der Waals surface area (Å²) >= 11 is 0. The lowest BCUT2D eigenvalue weighted by Crippen LogP contribution is -2.24. The zero-order valence-electron chi connectivity index (χ0n) is 23.4. The molecule has 1 aliphatic rings. The summed E-state index contributed by atoms with van der Waals surface area (Å²) in [6.45, 7) is 0. The van der Waals surface area contributed by atoms with Gasteiger partial charge in [-0.3, -0.25) is 4.99 Å². The Morgan fingerprint density at radius 2 is 1.09 bits per heavy atom. The highest BCUT2D eigenvalue weighted by Gasteiger charge is 2.22. The molecule has 1 N–H and O–H groups in total. The van der Waals surface area contributed by atoms with E-state index < -0.39 is 0 Å². The molecule has 1 atom stereocenters. The maximum atomic E-state index is 5.19. The van der Waals surface area contributed by atoms with Crippen molar-refractivity contribution in [2.24, 2.45) is 4.99 Å². The third-order valence-corrected chi connectivity index (χ3v) is 8.78. The molecule has 0 spiro atoms. The topological polar surface area (TPSA) is 28.8 Å². The zero-order chi connectivity index (χ0) is 28.3. The van der Waals surface area contributed by atoms with Gasteiger partial charge in [0.15, 0.2) is 0 Å². The number of allylic oxidation sites excluding steroid dienone is 1. The molecule has 0 amide bonds. The molecular weight excluding hydrogens is 522 g/mol. The Kier molecular flexibility index (Phi) is 5.26. The van der Waals surface area contributed by atoms with Crippen LogP contribution in [-0.4, -0.2) is 10.1 Å². The van der Waals surface area contributed by atoms with E-state index in [4.69, 9.17) is 4.99 Å². The minimum atomic E-state index is -0.186. The Morgan fingerprint density at radius 1 is 0.488 bits per heavy atom. The summed E-state index contributed by atoms with van der Waals surface area (Å²) in [4.78, 5) is 5.19. The molecule has 0 saturated carbocycles. The van der Waals surface area contributed by atoms with E-state index in [1.54, 1.807) is 0 Å². The first-order chi connectivity index (χ1) is 21.3. The Hall–Kier alpha value is -5.67. The molecule has 43 heavy (non-hydrogen) atoms. The molecule has 9 rings (SSSR count). The van der Waals surface area contributed by atoms with Crippen molar-refractivity contribution in [2.75, 3.05) is 0 Å². The molecule has 3 heterocycles. The molecule has 3 nitrogen and oxygen atoms in total. The van der Waals surface area contributed by atoms with Crippen LogP contribution in [0.4, 0.5) is 0 Å². The third-order valence-electron chi connectivity index (χ3n) is 8.78. The predicted octanol–water partition coefficient (Wildman–Crippen LogP) is 9.64. The summed E-state index contributed by atoms with van der Waals surface area (Å²) in [6.07, 6.45) is 2.01. The van der Waals surface area contributed by atoms with Gasteiger partial charge in [0.1, 0.15) is 6.17 Å². The van der Waals surface area contributed by atoms with E-state index in [0.29, 0.717) is 0 Å². The van der Waals surface area contributed by atoms with Gasteiger partial charge in [0, 0.05) is 27.2 Å². The summed E-state index contributed by atoms with van der Waals surface area (Å²) in [7, 11) is 0. The maximum Gasteiger partial charge on any atom is 0.145 e. The van der Waals surface area contributed by atoms with E-state index in [9.17, 15) is 0 Å². The number of hydrogen-bond acceptors (Lipinski definition) is 2. The van der Waals surface area contributed by atoms with Crippen LogP contribution in [0.3, 0.4) is 0 Å². The number of fused-ring (bicyclic) bond motifs is 6. The third kappa shape index (κ3) is 3.79. The van der Waals surface area contributed by atoms with Gasteiger partial charge in [-0.2, -0.15) is 0 Å². The molecule has 1 aliphatic heterocycles. The molecule has 6 aromatic carbocycles. The summed E-state index contributed by atoms with van der Waals surface area (Å²) in [5, 5.41) is 8.92. The van der Waals surface area contributed by atoms with E-state index >= 15 is 0 Å². The summed E-state index contributed by atoms with van der Waals surface area (Å²) in [6, 6.07) is 52.0. The van der Waals surface area contributed by atoms with E-state index in [2.05, 4.69) is 161 Å². The van der Waals surface area contributed by atoms with Crippen LogP contribution in [0.2, 0.25) is 0 Å². The Balaban J connectivity index is 1.20. The Bertz CT molecular complexity index is 2340. The number of para-hydroxylation sites is 2. The molecule has 0 radical (unpaired) electrons. The van der Waals surface area contributed by atoms with Gasteiger partial charge in [-0.15, -0.1) is 0 Å². The fourth-order valence-electron chi connectivity index (χ4n) is 6.71. The van der Waals surface area contributed by atoms with Gasteiger partial charge in [-0.25, -0.2) is 0 Å². The van der Waals surface area contributed by atoms with Crippen molar-refractivity contribution in [3.63, 3.8) is 0 Å². The fraction of sp³-hybridized carbons (Fsp3) is 0.0250. The fourth-order valence-corrected chi connectivity index (χ4v) is 6.71. The first kappa shape index (κ1) is 24.0. The number of benzene rings is 6. The number of aromatic nitrogens is 1. The average molecular weight is 550 g/mol. The lowest BCUT2D eigenvalue weighted by Gasteiger charge is -2.25. The van der Waals surface area contributed by atoms with E-state index in [0.717, 1.165) is 28.1 Å². The summed E-state index contributed by atoms with van der Waals surface area (Å²) in [5.41, 5.74) is 11.6. The highest BCUT2D eigenvalue weighted by atomic mass is 15.1. The van der Waals surface area contributed by atoms with Crippen molar-refractivity contribution in [1.29, 1.82) is 0 Å². The van der Waals surface area contributed by atoms with Gasteiger partial charge in [-0.1, -0.05) is 133 Å². The van der Waals surface area contributed by atoms with Gasteiger partial charge in [0.25, 0.3) is 0 Å². The van der Waals surface area contributed by atoms with Crippen molar-refractivity contribution < 1.29 is 0 Å². The van der Waals surface area contributed by atoms with Gasteiger partial charge in [-0.05, 0) is 46.0 Å². The normalized spacial score (nSPS) is 15.2. The number of nitrogens with zero attached hydrogens (tertiary/aromatic N) is 2. The lowest BCUT2D eigenvalue weighted by atomic mass is 9.98. The van der Waals surface area contributed by atoms with Crippen LogP contribution in [0, 0.1) is 0 Å². The second kappa shape index (κ2) is 9.43. The van der Waals surface area contributed by atoms with Crippen molar-refractivity contribution in [1.82, 2.24) is 9.72 Å². The molecule has 1 unspecified atom stereocenters. The van der Waals surface area contributed by atoms with E-state index in [1.165, 1.54) is 49.2 Å². The second-order valence-corrected chi connectivity index (χ2v) is 11.3. The maximum absolute atomic E-state index is 5.19. The Labute approximate surface area is 249 Å². The van der Waals surface area contributed by atoms with Crippen LogP contribution in [0.1, 0.15) is 22.9 Å². The van der Waals surface area contributed by atoms with Crippen LogP contribution in [0.25, 0.3) is 54.9 Å². The van der Waals surface area contributed by atoms with Crippen LogP contribution in [0.5, 0.6) is 0 Å². The quantitative estimate of drug-likeness (QED) is 0.233. The van der Waals surface area contributed by atoms with Gasteiger partial charge < -0.3 is 9.72 Å². The molecule has 0 bridgehead atoms. The molecule has 8 aromatic rings. The smallest absolute Gasteiger partial charge is 0.145 e. The first-order valence-electron chi connectivity index (χ1n) is 14.8. The number of rotatable bonds is 4. The van der Waals surface area contributed by atoms with Gasteiger partial charge in [0.05, 0.1) is 22.3 Å². The zero-order valence-corrected chi connectivity index (χ0v) is 23.4. The molecule has 2 aromatic heterocycles. The first-order valence-corrected chi connectivity index (χ1v) is 14.8. The number of hydrogen-bond donors (Lipinski definition) is 1. The van der Waals surface area contributed by atoms with Crippen LogP contribution >= 0.6 is 0 Å². The van der Waals surface area contributed by atoms with Crippen molar-refractivity contribution in [3.05, 3.63) is 168 Å². The minimum absolute atomic E-state index is 0.186. The molecule has 202 valence electrons. The van der Waals surface area contributed by atoms with Crippen LogP contribution in [-0.2, 0) is 0 Å². The molecular formula is C40H27N3. The highest BCUT2D eigenvalue weighted by molar-refractivity contribution is 6.23. The van der Waals surface area contributed by atoms with Gasteiger partial charge >= 0.3 is 0 Å². The largest absolute Gasteiger partial charge is 0.360 e.